The molecule has 10 heteroatoms. The highest BCUT2D eigenvalue weighted by Crippen LogP contribution is 2.37. The molecule has 0 radical (unpaired) electrons. The monoisotopic (exact) mass is 628 g/mol. The second-order valence-electron chi connectivity index (χ2n) is 7.83. The fourth-order valence-corrected chi connectivity index (χ4v) is 4.44. The molecule has 37 heavy (non-hydrogen) atoms. The number of carbonyl (C=O) groups is 3. The van der Waals surface area contributed by atoms with Gasteiger partial charge in [-0.05, 0) is 88.6 Å². The molecule has 190 valence electrons. The number of benzene rings is 3. The summed E-state index contributed by atoms with van der Waals surface area (Å²) in [7, 11) is 1.49. The number of amides is 4. The first-order valence-electron chi connectivity index (χ1n) is 11.2. The van der Waals surface area contributed by atoms with Crippen LogP contribution in [0.2, 0.25) is 0 Å². The van der Waals surface area contributed by atoms with Crippen molar-refractivity contribution in [2.75, 3.05) is 18.6 Å². The van der Waals surface area contributed by atoms with Crippen molar-refractivity contribution in [2.45, 2.75) is 13.5 Å². The number of imide groups is 2. The third kappa shape index (κ3) is 6.03. The van der Waals surface area contributed by atoms with Crippen LogP contribution in [0, 0.1) is 0 Å². The van der Waals surface area contributed by atoms with Crippen LogP contribution in [0.4, 0.5) is 10.5 Å². The average Bonchev–Trinajstić information content (AvgIpc) is 2.88. The molecule has 8 nitrogen and oxygen atoms in total. The lowest BCUT2D eigenvalue weighted by atomic mass is 10.1. The Morgan fingerprint density at radius 1 is 0.946 bits per heavy atom. The van der Waals surface area contributed by atoms with E-state index in [0.717, 1.165) is 14.9 Å². The van der Waals surface area contributed by atoms with Gasteiger partial charge in [0, 0.05) is 4.47 Å². The summed E-state index contributed by atoms with van der Waals surface area (Å²) in [5.41, 5.74) is 1.59. The summed E-state index contributed by atoms with van der Waals surface area (Å²) >= 11 is 6.83. The zero-order valence-corrected chi connectivity index (χ0v) is 23.1. The van der Waals surface area contributed by atoms with Crippen LogP contribution in [-0.2, 0) is 16.2 Å². The molecule has 0 unspecified atom stereocenters. The largest absolute Gasteiger partial charge is 0.493 e. The zero-order valence-electron chi connectivity index (χ0n) is 19.9. The van der Waals surface area contributed by atoms with Crippen LogP contribution in [-0.4, -0.2) is 31.6 Å². The van der Waals surface area contributed by atoms with Gasteiger partial charge < -0.3 is 14.2 Å². The van der Waals surface area contributed by atoms with E-state index >= 15 is 0 Å². The van der Waals surface area contributed by atoms with E-state index in [1.165, 1.54) is 13.2 Å². The normalized spacial score (nSPS) is 14.5. The molecule has 0 spiro atoms. The minimum Gasteiger partial charge on any atom is -0.493 e. The van der Waals surface area contributed by atoms with E-state index in [9.17, 15) is 14.4 Å². The number of halogens is 2. The molecule has 1 aliphatic heterocycles. The van der Waals surface area contributed by atoms with Crippen LogP contribution in [0.15, 0.2) is 75.2 Å². The highest BCUT2D eigenvalue weighted by Gasteiger charge is 2.37. The number of urea groups is 1. The van der Waals surface area contributed by atoms with Gasteiger partial charge in [0.25, 0.3) is 11.8 Å². The number of nitrogens with one attached hydrogen (secondary N) is 1. The smallest absolute Gasteiger partial charge is 0.335 e. The summed E-state index contributed by atoms with van der Waals surface area (Å²) in [5.74, 6) is -0.0372. The molecule has 3 aromatic carbocycles. The molecule has 1 fully saturated rings. The van der Waals surface area contributed by atoms with Gasteiger partial charge in [0.2, 0.25) is 0 Å². The maximum absolute atomic E-state index is 13.3. The lowest BCUT2D eigenvalue weighted by molar-refractivity contribution is -0.122. The van der Waals surface area contributed by atoms with E-state index in [1.54, 1.807) is 36.4 Å². The SMILES string of the molecule is CCOc1c(Br)cc(/C=C2\C(=O)NC(=O)N(c3ccc(OCc4ccc(Br)cc4)cc3)C2=O)cc1OC. The average molecular weight is 630 g/mol. The number of ether oxygens (including phenoxy) is 3. The Balaban J connectivity index is 1.56. The minimum atomic E-state index is -0.832. The highest BCUT2D eigenvalue weighted by molar-refractivity contribution is 9.10. The highest BCUT2D eigenvalue weighted by atomic mass is 79.9. The lowest BCUT2D eigenvalue weighted by Gasteiger charge is -2.26. The van der Waals surface area contributed by atoms with Crippen molar-refractivity contribution >= 4 is 61.5 Å². The van der Waals surface area contributed by atoms with E-state index in [0.29, 0.717) is 46.2 Å². The maximum Gasteiger partial charge on any atom is 0.335 e. The van der Waals surface area contributed by atoms with Crippen LogP contribution in [0.25, 0.3) is 6.08 Å². The fraction of sp³-hybridized carbons (Fsp3) is 0.148. The number of methoxy groups -OCH3 is 1. The van der Waals surface area contributed by atoms with Gasteiger partial charge in [-0.2, -0.15) is 0 Å². The summed E-state index contributed by atoms with van der Waals surface area (Å²) < 4.78 is 18.3. The van der Waals surface area contributed by atoms with E-state index in [1.807, 2.05) is 31.2 Å². The number of barbiturate groups is 1. The Morgan fingerprint density at radius 3 is 2.30 bits per heavy atom. The van der Waals surface area contributed by atoms with Gasteiger partial charge in [0.1, 0.15) is 17.9 Å². The fourth-order valence-electron chi connectivity index (χ4n) is 3.60. The Hall–Kier alpha value is -3.63. The van der Waals surface area contributed by atoms with Crippen LogP contribution >= 0.6 is 31.9 Å². The molecule has 1 heterocycles. The Labute approximate surface area is 230 Å². The number of anilines is 1. The first-order valence-corrected chi connectivity index (χ1v) is 12.8. The van der Waals surface area contributed by atoms with Gasteiger partial charge in [-0.3, -0.25) is 14.9 Å². The number of carbonyl (C=O) groups excluding carboxylic acids is 3. The summed E-state index contributed by atoms with van der Waals surface area (Å²) in [5, 5.41) is 2.23. The van der Waals surface area contributed by atoms with Gasteiger partial charge in [0.05, 0.1) is 23.9 Å². The third-order valence-corrected chi connectivity index (χ3v) is 6.48. The number of rotatable bonds is 8. The van der Waals surface area contributed by atoms with Gasteiger partial charge in [-0.1, -0.05) is 28.1 Å². The zero-order chi connectivity index (χ0) is 26.5. The van der Waals surface area contributed by atoms with Crippen molar-refractivity contribution in [3.8, 4) is 17.2 Å². The number of hydrogen-bond donors (Lipinski definition) is 1. The van der Waals surface area contributed by atoms with Gasteiger partial charge in [0.15, 0.2) is 11.5 Å². The molecular formula is C27H22Br2N2O6. The van der Waals surface area contributed by atoms with Crippen molar-refractivity contribution < 1.29 is 28.6 Å². The third-order valence-electron chi connectivity index (χ3n) is 5.37. The van der Waals surface area contributed by atoms with Crippen LogP contribution in [0.1, 0.15) is 18.1 Å². The standard InChI is InChI=1S/C27H22Br2N2O6/c1-3-36-24-22(29)13-17(14-23(24)35-2)12-21-25(32)30-27(34)31(26(21)33)19-8-10-20(11-9-19)37-15-16-4-6-18(28)7-5-16/h4-14H,3,15H2,1-2H3,(H,30,32,34)/b21-12+. The van der Waals surface area contributed by atoms with E-state index in [4.69, 9.17) is 14.2 Å². The van der Waals surface area contributed by atoms with Gasteiger partial charge >= 0.3 is 6.03 Å². The van der Waals surface area contributed by atoms with E-state index in [-0.39, 0.29) is 5.57 Å². The number of hydrogen-bond acceptors (Lipinski definition) is 6. The summed E-state index contributed by atoms with van der Waals surface area (Å²) in [6, 6.07) is 16.7. The van der Waals surface area contributed by atoms with Gasteiger partial charge in [-0.15, -0.1) is 0 Å². The molecular weight excluding hydrogens is 608 g/mol. The van der Waals surface area contributed by atoms with Crippen LogP contribution in [0.3, 0.4) is 0 Å². The number of nitrogens with zero attached hydrogens (tertiary/aromatic N) is 1. The van der Waals surface area contributed by atoms with Crippen molar-refractivity contribution in [1.82, 2.24) is 5.32 Å². The van der Waals surface area contributed by atoms with Crippen LogP contribution < -0.4 is 24.4 Å². The predicted molar refractivity (Wildman–Crippen MR) is 146 cm³/mol. The first kappa shape index (κ1) is 26.4. The predicted octanol–water partition coefficient (Wildman–Crippen LogP) is 5.86. The lowest BCUT2D eigenvalue weighted by Crippen LogP contribution is -2.54. The first-order chi connectivity index (χ1) is 17.8. The van der Waals surface area contributed by atoms with E-state index < -0.39 is 17.8 Å². The van der Waals surface area contributed by atoms with Crippen LogP contribution in [0.5, 0.6) is 17.2 Å². The summed E-state index contributed by atoms with van der Waals surface area (Å²) in [4.78, 5) is 39.3. The van der Waals surface area contributed by atoms with E-state index in [2.05, 4.69) is 37.2 Å². The molecule has 3 aromatic rings. The van der Waals surface area contributed by atoms with Crippen molar-refractivity contribution in [3.63, 3.8) is 0 Å². The molecule has 0 bridgehead atoms. The molecule has 0 saturated carbocycles. The summed E-state index contributed by atoms with van der Waals surface area (Å²) in [6.45, 7) is 2.64. The molecule has 1 N–H and O–H groups in total. The molecule has 0 aromatic heterocycles. The molecule has 0 atom stereocenters. The second-order valence-corrected chi connectivity index (χ2v) is 9.60. The molecule has 1 aliphatic rings. The maximum atomic E-state index is 13.3. The Kier molecular flexibility index (Phi) is 8.30. The topological polar surface area (TPSA) is 94.2 Å². The molecule has 4 amide bonds. The molecule has 0 aliphatic carbocycles. The van der Waals surface area contributed by atoms with Crippen molar-refractivity contribution in [3.05, 3.63) is 86.3 Å². The van der Waals surface area contributed by atoms with Crippen molar-refractivity contribution in [1.29, 1.82) is 0 Å². The minimum absolute atomic E-state index is 0.201. The quantitative estimate of drug-likeness (QED) is 0.248. The van der Waals surface area contributed by atoms with Crippen molar-refractivity contribution in [2.24, 2.45) is 0 Å². The molecule has 1 saturated heterocycles. The summed E-state index contributed by atoms with van der Waals surface area (Å²) in [6.07, 6.45) is 1.40. The Bertz CT molecular complexity index is 1370. The molecule has 4 rings (SSSR count). The Morgan fingerprint density at radius 2 is 1.65 bits per heavy atom. The van der Waals surface area contributed by atoms with Gasteiger partial charge in [-0.25, -0.2) is 9.69 Å². The second kappa shape index (κ2) is 11.6.